The molecule has 0 unspecified atom stereocenters. The highest BCUT2D eigenvalue weighted by molar-refractivity contribution is 7.99. The Morgan fingerprint density at radius 1 is 1.14 bits per heavy atom. The zero-order valence-electron chi connectivity index (χ0n) is 12.0. The van der Waals surface area contributed by atoms with Crippen molar-refractivity contribution in [2.75, 3.05) is 25.4 Å². The molecule has 0 spiro atoms. The maximum absolute atomic E-state index is 12.9. The predicted molar refractivity (Wildman–Crippen MR) is 85.0 cm³/mol. The first-order chi connectivity index (χ1) is 10.3. The third kappa shape index (κ3) is 4.08. The van der Waals surface area contributed by atoms with Crippen molar-refractivity contribution >= 4 is 11.8 Å². The number of aromatic nitrogens is 2. The molecule has 3 nitrogen and oxygen atoms in total. The molecule has 0 atom stereocenters. The van der Waals surface area contributed by atoms with Crippen molar-refractivity contribution in [1.29, 1.82) is 0 Å². The third-order valence-corrected chi connectivity index (χ3v) is 4.67. The molecular formula is C16H20FN3S. The van der Waals surface area contributed by atoms with Crippen LogP contribution >= 0.6 is 11.8 Å². The summed E-state index contributed by atoms with van der Waals surface area (Å²) >= 11 is 1.75. The molecule has 1 aromatic heterocycles. The second-order valence-electron chi connectivity index (χ2n) is 5.36. The van der Waals surface area contributed by atoms with Crippen molar-refractivity contribution in [2.45, 2.75) is 24.4 Å². The van der Waals surface area contributed by atoms with Gasteiger partial charge in [0.15, 0.2) is 5.16 Å². The van der Waals surface area contributed by atoms with Crippen molar-refractivity contribution in [2.24, 2.45) is 0 Å². The van der Waals surface area contributed by atoms with Crippen molar-refractivity contribution in [3.05, 3.63) is 36.3 Å². The molecular weight excluding hydrogens is 285 g/mol. The highest BCUT2D eigenvalue weighted by Gasteiger charge is 2.10. The first kappa shape index (κ1) is 14.6. The van der Waals surface area contributed by atoms with Gasteiger partial charge >= 0.3 is 0 Å². The lowest BCUT2D eigenvalue weighted by atomic mass is 10.1. The van der Waals surface area contributed by atoms with Crippen LogP contribution in [-0.2, 0) is 0 Å². The quantitative estimate of drug-likeness (QED) is 0.853. The van der Waals surface area contributed by atoms with E-state index in [1.54, 1.807) is 23.9 Å². The van der Waals surface area contributed by atoms with Gasteiger partial charge in [-0.25, -0.2) is 9.37 Å². The van der Waals surface area contributed by atoms with Gasteiger partial charge in [0.05, 0.1) is 11.9 Å². The molecule has 1 aliphatic heterocycles. The summed E-state index contributed by atoms with van der Waals surface area (Å²) in [6.07, 6.45) is 5.86. The number of H-pyrrole nitrogens is 1. The number of aromatic amines is 1. The number of rotatable bonds is 5. The number of benzene rings is 1. The number of nitrogens with zero attached hydrogens (tertiary/aromatic N) is 2. The van der Waals surface area contributed by atoms with Gasteiger partial charge in [-0.2, -0.15) is 0 Å². The fourth-order valence-corrected chi connectivity index (χ4v) is 3.46. The Bertz CT molecular complexity index is 561. The van der Waals surface area contributed by atoms with Gasteiger partial charge in [0.1, 0.15) is 5.82 Å². The van der Waals surface area contributed by atoms with Gasteiger partial charge in [-0.1, -0.05) is 18.2 Å². The summed E-state index contributed by atoms with van der Waals surface area (Å²) < 4.78 is 12.9. The standard InChI is InChI=1S/C16H20FN3S/c17-14-6-4-13(5-7-14)15-12-18-16(19-15)21-11-10-20-8-2-1-3-9-20/h4-7,12H,1-3,8-11H2,(H,18,19). The van der Waals surface area contributed by atoms with E-state index in [0.29, 0.717) is 0 Å². The Morgan fingerprint density at radius 3 is 2.67 bits per heavy atom. The first-order valence-electron chi connectivity index (χ1n) is 7.47. The van der Waals surface area contributed by atoms with Crippen LogP contribution in [0.25, 0.3) is 11.3 Å². The van der Waals surface area contributed by atoms with Crippen molar-refractivity contribution in [3.8, 4) is 11.3 Å². The Hall–Kier alpha value is -1.33. The van der Waals surface area contributed by atoms with Gasteiger partial charge in [0.2, 0.25) is 0 Å². The lowest BCUT2D eigenvalue weighted by Crippen LogP contribution is -2.31. The minimum atomic E-state index is -0.214. The highest BCUT2D eigenvalue weighted by atomic mass is 32.2. The fraction of sp³-hybridized carbons (Fsp3) is 0.438. The van der Waals surface area contributed by atoms with E-state index in [1.165, 1.54) is 44.5 Å². The predicted octanol–water partition coefficient (Wildman–Crippen LogP) is 3.79. The number of piperidine rings is 1. The molecule has 2 aromatic rings. The number of imidazole rings is 1. The summed E-state index contributed by atoms with van der Waals surface area (Å²) in [4.78, 5) is 10.2. The van der Waals surface area contributed by atoms with Crippen LogP contribution in [0.5, 0.6) is 0 Å². The zero-order valence-corrected chi connectivity index (χ0v) is 12.8. The zero-order chi connectivity index (χ0) is 14.5. The molecule has 0 amide bonds. The minimum Gasteiger partial charge on any atom is -0.333 e. The summed E-state index contributed by atoms with van der Waals surface area (Å²) in [7, 11) is 0. The van der Waals surface area contributed by atoms with Crippen LogP contribution in [0.15, 0.2) is 35.6 Å². The number of hydrogen-bond donors (Lipinski definition) is 1. The van der Waals surface area contributed by atoms with Crippen LogP contribution in [0.4, 0.5) is 4.39 Å². The number of nitrogens with one attached hydrogen (secondary N) is 1. The smallest absolute Gasteiger partial charge is 0.165 e. The number of likely N-dealkylation sites (tertiary alicyclic amines) is 1. The molecule has 1 N–H and O–H groups in total. The van der Waals surface area contributed by atoms with Crippen LogP contribution in [-0.4, -0.2) is 40.3 Å². The molecule has 1 aromatic carbocycles. The molecule has 0 saturated carbocycles. The Labute approximate surface area is 129 Å². The summed E-state index contributed by atoms with van der Waals surface area (Å²) in [5.41, 5.74) is 1.90. The molecule has 0 bridgehead atoms. The lowest BCUT2D eigenvalue weighted by Gasteiger charge is -2.25. The van der Waals surface area contributed by atoms with Crippen molar-refractivity contribution in [1.82, 2.24) is 14.9 Å². The Morgan fingerprint density at radius 2 is 1.90 bits per heavy atom. The van der Waals surface area contributed by atoms with Gasteiger partial charge in [-0.3, -0.25) is 0 Å². The van der Waals surface area contributed by atoms with Gasteiger partial charge in [0, 0.05) is 12.3 Å². The molecule has 1 saturated heterocycles. The average molecular weight is 305 g/mol. The lowest BCUT2D eigenvalue weighted by molar-refractivity contribution is 0.242. The van der Waals surface area contributed by atoms with E-state index in [4.69, 9.17) is 0 Å². The van der Waals surface area contributed by atoms with E-state index in [2.05, 4.69) is 14.9 Å². The third-order valence-electron chi connectivity index (χ3n) is 3.80. The second kappa shape index (κ2) is 7.09. The molecule has 5 heteroatoms. The van der Waals surface area contributed by atoms with Crippen molar-refractivity contribution in [3.63, 3.8) is 0 Å². The summed E-state index contributed by atoms with van der Waals surface area (Å²) in [5, 5.41) is 0.936. The molecule has 112 valence electrons. The number of halogens is 1. The minimum absolute atomic E-state index is 0.214. The Kier molecular flexibility index (Phi) is 4.93. The Balaban J connectivity index is 1.51. The van der Waals surface area contributed by atoms with E-state index < -0.39 is 0 Å². The summed E-state index contributed by atoms with van der Waals surface area (Å²) in [6.45, 7) is 3.59. The largest absolute Gasteiger partial charge is 0.333 e. The number of hydrogen-bond acceptors (Lipinski definition) is 3. The van der Waals surface area contributed by atoms with Crippen LogP contribution < -0.4 is 0 Å². The molecule has 2 heterocycles. The normalized spacial score (nSPS) is 16.2. The molecule has 21 heavy (non-hydrogen) atoms. The van der Waals surface area contributed by atoms with Crippen LogP contribution in [0.1, 0.15) is 19.3 Å². The summed E-state index contributed by atoms with van der Waals surface area (Å²) in [6, 6.07) is 6.48. The van der Waals surface area contributed by atoms with E-state index in [9.17, 15) is 4.39 Å². The van der Waals surface area contributed by atoms with E-state index in [1.807, 2.05) is 6.20 Å². The van der Waals surface area contributed by atoms with Gasteiger partial charge in [0.25, 0.3) is 0 Å². The highest BCUT2D eigenvalue weighted by Crippen LogP contribution is 2.22. The van der Waals surface area contributed by atoms with Crippen molar-refractivity contribution < 1.29 is 4.39 Å². The molecule has 1 fully saturated rings. The molecule has 1 aliphatic rings. The molecule has 0 aliphatic carbocycles. The fourth-order valence-electron chi connectivity index (χ4n) is 2.61. The van der Waals surface area contributed by atoms with E-state index in [-0.39, 0.29) is 5.82 Å². The SMILES string of the molecule is Fc1ccc(-c2cnc(SCCN3CCCCC3)[nH]2)cc1. The topological polar surface area (TPSA) is 31.9 Å². The maximum atomic E-state index is 12.9. The number of thioether (sulfide) groups is 1. The van der Waals surface area contributed by atoms with Gasteiger partial charge < -0.3 is 9.88 Å². The first-order valence-corrected chi connectivity index (χ1v) is 8.46. The van der Waals surface area contributed by atoms with Crippen LogP contribution in [0.3, 0.4) is 0 Å². The van der Waals surface area contributed by atoms with Gasteiger partial charge in [-0.15, -0.1) is 0 Å². The van der Waals surface area contributed by atoms with Gasteiger partial charge in [-0.05, 0) is 55.8 Å². The van der Waals surface area contributed by atoms with Crippen LogP contribution in [0, 0.1) is 5.82 Å². The van der Waals surface area contributed by atoms with E-state index >= 15 is 0 Å². The molecule has 0 radical (unpaired) electrons. The van der Waals surface area contributed by atoms with Crippen LogP contribution in [0.2, 0.25) is 0 Å². The monoisotopic (exact) mass is 305 g/mol. The molecule has 3 rings (SSSR count). The maximum Gasteiger partial charge on any atom is 0.165 e. The second-order valence-corrected chi connectivity index (χ2v) is 6.44. The van der Waals surface area contributed by atoms with E-state index in [0.717, 1.165) is 28.7 Å². The average Bonchev–Trinajstić information content (AvgIpc) is 2.98. The summed E-state index contributed by atoms with van der Waals surface area (Å²) in [5.74, 6) is 0.838.